The molecule has 2 N–H and O–H groups in total. The van der Waals surface area contributed by atoms with Gasteiger partial charge in [0.05, 0.1) is 0 Å². The molecule has 0 unspecified atom stereocenters. The molecule has 3 rings (SSSR count). The highest BCUT2D eigenvalue weighted by Crippen LogP contribution is 2.25. The first-order valence-corrected chi connectivity index (χ1v) is 7.95. The van der Waals surface area contributed by atoms with Gasteiger partial charge in [-0.2, -0.15) is 0 Å². The van der Waals surface area contributed by atoms with E-state index in [-0.39, 0.29) is 5.69 Å². The van der Waals surface area contributed by atoms with Crippen LogP contribution in [0.2, 0.25) is 0 Å². The van der Waals surface area contributed by atoms with E-state index >= 15 is 0 Å². The normalized spacial score (nSPS) is 15.4. The molecule has 4 nitrogen and oxygen atoms in total. The van der Waals surface area contributed by atoms with Crippen LogP contribution in [0, 0.1) is 18.6 Å². The lowest BCUT2D eigenvalue weighted by Crippen LogP contribution is -2.23. The molecule has 1 aromatic heterocycles. The van der Waals surface area contributed by atoms with Crippen LogP contribution in [0.25, 0.3) is 0 Å². The first-order valence-electron chi connectivity index (χ1n) is 7.95. The van der Waals surface area contributed by atoms with Crippen molar-refractivity contribution in [2.45, 2.75) is 45.1 Å². The van der Waals surface area contributed by atoms with Crippen LogP contribution in [0.3, 0.4) is 0 Å². The lowest BCUT2D eigenvalue weighted by atomic mass is 9.95. The third-order valence-electron chi connectivity index (χ3n) is 4.01. The number of nitrogens with one attached hydrogen (secondary N) is 2. The molecule has 1 heterocycles. The number of aryl methyl sites for hydroxylation is 1. The van der Waals surface area contributed by atoms with Crippen molar-refractivity contribution in [2.75, 3.05) is 10.6 Å². The number of benzene rings is 1. The molecule has 1 aliphatic rings. The summed E-state index contributed by atoms with van der Waals surface area (Å²) in [6, 6.07) is 5.84. The fourth-order valence-corrected chi connectivity index (χ4v) is 2.91. The van der Waals surface area contributed by atoms with E-state index in [0.29, 0.717) is 23.5 Å². The summed E-state index contributed by atoms with van der Waals surface area (Å²) in [7, 11) is 0. The van der Waals surface area contributed by atoms with E-state index in [9.17, 15) is 8.78 Å². The minimum absolute atomic E-state index is 0.200. The average molecular weight is 318 g/mol. The van der Waals surface area contributed by atoms with Gasteiger partial charge in [0.25, 0.3) is 0 Å². The third-order valence-corrected chi connectivity index (χ3v) is 4.01. The lowest BCUT2D eigenvalue weighted by Gasteiger charge is -2.23. The predicted octanol–water partition coefficient (Wildman–Crippen LogP) is 4.55. The Bertz CT molecular complexity index is 664. The number of hydrogen-bond donors (Lipinski definition) is 2. The van der Waals surface area contributed by atoms with Crippen LogP contribution in [0.5, 0.6) is 0 Å². The van der Waals surface area contributed by atoms with Crippen molar-refractivity contribution in [3.05, 3.63) is 41.7 Å². The zero-order valence-electron chi connectivity index (χ0n) is 13.1. The molecule has 2 aromatic rings. The molecule has 6 heteroatoms. The highest BCUT2D eigenvalue weighted by molar-refractivity contribution is 5.60. The molecule has 1 fully saturated rings. The van der Waals surface area contributed by atoms with E-state index in [0.717, 1.165) is 12.8 Å². The summed E-state index contributed by atoms with van der Waals surface area (Å²) in [6.45, 7) is 1.76. The van der Waals surface area contributed by atoms with Crippen molar-refractivity contribution in [1.29, 1.82) is 0 Å². The van der Waals surface area contributed by atoms with Gasteiger partial charge in [-0.25, -0.2) is 18.7 Å². The van der Waals surface area contributed by atoms with Gasteiger partial charge in [-0.15, -0.1) is 0 Å². The molecule has 0 atom stereocenters. The number of hydrogen-bond acceptors (Lipinski definition) is 4. The molecule has 0 radical (unpaired) electrons. The van der Waals surface area contributed by atoms with Gasteiger partial charge >= 0.3 is 0 Å². The summed E-state index contributed by atoms with van der Waals surface area (Å²) in [6.07, 6.45) is 5.95. The Morgan fingerprint density at radius 2 is 1.65 bits per heavy atom. The Morgan fingerprint density at radius 3 is 2.35 bits per heavy atom. The summed E-state index contributed by atoms with van der Waals surface area (Å²) in [4.78, 5) is 8.57. The second kappa shape index (κ2) is 6.89. The Morgan fingerprint density at radius 1 is 1.00 bits per heavy atom. The smallest absolute Gasteiger partial charge is 0.149 e. The van der Waals surface area contributed by atoms with Crippen LogP contribution in [0.1, 0.15) is 37.9 Å². The summed E-state index contributed by atoms with van der Waals surface area (Å²) in [5, 5.41) is 6.12. The third kappa shape index (κ3) is 3.94. The van der Waals surface area contributed by atoms with Gasteiger partial charge < -0.3 is 10.6 Å². The molecule has 0 saturated heterocycles. The monoisotopic (exact) mass is 318 g/mol. The minimum Gasteiger partial charge on any atom is -0.367 e. The summed E-state index contributed by atoms with van der Waals surface area (Å²) in [5.74, 6) is 0.305. The van der Waals surface area contributed by atoms with Crippen molar-refractivity contribution in [3.8, 4) is 0 Å². The molecular formula is C17H20F2N4. The van der Waals surface area contributed by atoms with E-state index in [1.54, 1.807) is 13.0 Å². The van der Waals surface area contributed by atoms with Gasteiger partial charge in [0.15, 0.2) is 0 Å². The topological polar surface area (TPSA) is 49.8 Å². The maximum absolute atomic E-state index is 13.7. The van der Waals surface area contributed by atoms with Gasteiger partial charge in [0, 0.05) is 12.1 Å². The largest absolute Gasteiger partial charge is 0.367 e. The zero-order valence-corrected chi connectivity index (χ0v) is 13.1. The highest BCUT2D eigenvalue weighted by Gasteiger charge is 2.15. The van der Waals surface area contributed by atoms with Crippen molar-refractivity contribution in [1.82, 2.24) is 9.97 Å². The number of aromatic nitrogens is 2. The van der Waals surface area contributed by atoms with E-state index in [2.05, 4.69) is 20.6 Å². The molecule has 1 saturated carbocycles. The van der Waals surface area contributed by atoms with E-state index < -0.39 is 11.6 Å². The van der Waals surface area contributed by atoms with Crippen LogP contribution >= 0.6 is 0 Å². The molecule has 122 valence electrons. The first-order chi connectivity index (χ1) is 11.1. The predicted molar refractivity (Wildman–Crippen MR) is 86.9 cm³/mol. The Labute approximate surface area is 134 Å². The second-order valence-corrected chi connectivity index (χ2v) is 5.89. The van der Waals surface area contributed by atoms with Gasteiger partial charge in [-0.3, -0.25) is 0 Å². The van der Waals surface area contributed by atoms with Gasteiger partial charge in [0.1, 0.15) is 34.8 Å². The highest BCUT2D eigenvalue weighted by atomic mass is 19.1. The summed E-state index contributed by atoms with van der Waals surface area (Å²) >= 11 is 0. The molecule has 0 bridgehead atoms. The SMILES string of the molecule is Cc1nc(Nc2c(F)cccc2F)cc(NC2CCCCC2)n1. The van der Waals surface area contributed by atoms with Crippen molar-refractivity contribution >= 4 is 17.3 Å². The van der Waals surface area contributed by atoms with E-state index in [4.69, 9.17) is 0 Å². The van der Waals surface area contributed by atoms with Gasteiger partial charge in [-0.1, -0.05) is 25.3 Å². The number of anilines is 3. The number of para-hydroxylation sites is 1. The van der Waals surface area contributed by atoms with Gasteiger partial charge in [-0.05, 0) is 31.9 Å². The number of nitrogens with zero attached hydrogens (tertiary/aromatic N) is 2. The fraction of sp³-hybridized carbons (Fsp3) is 0.412. The molecular weight excluding hydrogens is 298 g/mol. The van der Waals surface area contributed by atoms with Gasteiger partial charge in [0.2, 0.25) is 0 Å². The molecule has 0 spiro atoms. The van der Waals surface area contributed by atoms with E-state index in [1.807, 2.05) is 0 Å². The summed E-state index contributed by atoms with van der Waals surface area (Å²) in [5.41, 5.74) is -0.200. The fourth-order valence-electron chi connectivity index (χ4n) is 2.91. The molecule has 23 heavy (non-hydrogen) atoms. The molecule has 1 aromatic carbocycles. The molecule has 0 aliphatic heterocycles. The van der Waals surface area contributed by atoms with Crippen LogP contribution in [-0.2, 0) is 0 Å². The molecule has 0 amide bonds. The van der Waals surface area contributed by atoms with E-state index in [1.165, 1.54) is 37.5 Å². The number of rotatable bonds is 4. The zero-order chi connectivity index (χ0) is 16.2. The maximum atomic E-state index is 13.7. The van der Waals surface area contributed by atoms with Crippen molar-refractivity contribution < 1.29 is 8.78 Å². The van der Waals surface area contributed by atoms with Crippen molar-refractivity contribution in [3.63, 3.8) is 0 Å². The maximum Gasteiger partial charge on any atom is 0.149 e. The number of halogens is 2. The van der Waals surface area contributed by atoms with Crippen LogP contribution in [0.4, 0.5) is 26.1 Å². The second-order valence-electron chi connectivity index (χ2n) is 5.89. The lowest BCUT2D eigenvalue weighted by molar-refractivity contribution is 0.462. The quantitative estimate of drug-likeness (QED) is 0.868. The Balaban J connectivity index is 1.80. The standard InChI is InChI=1S/C17H20F2N4/c1-11-20-15(22-12-6-3-2-4-7-12)10-16(21-11)23-17-13(18)8-5-9-14(17)19/h5,8-10,12H,2-4,6-7H2,1H3,(H2,20,21,22,23). The summed E-state index contributed by atoms with van der Waals surface area (Å²) < 4.78 is 27.5. The van der Waals surface area contributed by atoms with Crippen molar-refractivity contribution in [2.24, 2.45) is 0 Å². The Kier molecular flexibility index (Phi) is 4.69. The first kappa shape index (κ1) is 15.6. The molecule has 1 aliphatic carbocycles. The minimum atomic E-state index is -0.650. The van der Waals surface area contributed by atoms with Crippen LogP contribution in [0.15, 0.2) is 24.3 Å². The Hall–Kier alpha value is -2.24. The van der Waals surface area contributed by atoms with Crippen LogP contribution in [-0.4, -0.2) is 16.0 Å². The van der Waals surface area contributed by atoms with Crippen LogP contribution < -0.4 is 10.6 Å². The average Bonchev–Trinajstić information content (AvgIpc) is 2.51.